The van der Waals surface area contributed by atoms with E-state index in [0.29, 0.717) is 17.5 Å². The van der Waals surface area contributed by atoms with Crippen LogP contribution in [-0.4, -0.2) is 39.5 Å². The van der Waals surface area contributed by atoms with Crippen LogP contribution in [0.15, 0.2) is 36.5 Å². The Kier molecular flexibility index (Phi) is 7.43. The van der Waals surface area contributed by atoms with Crippen molar-refractivity contribution in [3.05, 3.63) is 36.5 Å². The smallest absolute Gasteiger partial charge is 0.229 e. The Balaban J connectivity index is 2.05. The van der Waals surface area contributed by atoms with Crippen molar-refractivity contribution in [2.24, 2.45) is 0 Å². The molecule has 8 heteroatoms. The first kappa shape index (κ1) is 19.0. The number of benzene rings is 1. The summed E-state index contributed by atoms with van der Waals surface area (Å²) >= 11 is 5.56. The van der Waals surface area contributed by atoms with Crippen LogP contribution >= 0.6 is 11.6 Å². The monoisotopic (exact) mass is 363 g/mol. The molecule has 1 heterocycles. The highest BCUT2D eigenvalue weighted by molar-refractivity contribution is 6.19. The Hall–Kier alpha value is -2.38. The molecule has 0 aliphatic rings. The third-order valence-electron chi connectivity index (χ3n) is 3.44. The van der Waals surface area contributed by atoms with E-state index >= 15 is 0 Å². The fraction of sp³-hybridized carbons (Fsp3) is 0.353. The van der Waals surface area contributed by atoms with Crippen molar-refractivity contribution in [1.29, 1.82) is 0 Å². The van der Waals surface area contributed by atoms with Gasteiger partial charge in [-0.25, -0.2) is 4.98 Å². The number of aliphatic hydroxyl groups is 1. The van der Waals surface area contributed by atoms with Gasteiger partial charge in [-0.1, -0.05) is 13.0 Å². The molecule has 1 atom stereocenters. The van der Waals surface area contributed by atoms with Gasteiger partial charge in [0.25, 0.3) is 0 Å². The fourth-order valence-electron chi connectivity index (χ4n) is 2.10. The van der Waals surface area contributed by atoms with Gasteiger partial charge in [0.2, 0.25) is 11.9 Å². The maximum absolute atomic E-state index is 11.6. The van der Waals surface area contributed by atoms with E-state index in [1.165, 1.54) is 0 Å². The minimum absolute atomic E-state index is 0.0350. The highest BCUT2D eigenvalue weighted by Gasteiger charge is 2.07. The Morgan fingerprint density at radius 1 is 1.32 bits per heavy atom. The molecule has 1 aromatic heterocycles. The second kappa shape index (κ2) is 9.80. The Morgan fingerprint density at radius 3 is 2.84 bits per heavy atom. The van der Waals surface area contributed by atoms with Crippen LogP contribution in [0.3, 0.4) is 0 Å². The van der Waals surface area contributed by atoms with Gasteiger partial charge in [-0.05, 0) is 30.7 Å². The summed E-state index contributed by atoms with van der Waals surface area (Å²) in [5.41, 5.74) is 1.41. The molecule has 2 aromatic rings. The lowest BCUT2D eigenvalue weighted by Crippen LogP contribution is -2.23. The van der Waals surface area contributed by atoms with Crippen molar-refractivity contribution in [1.82, 2.24) is 9.97 Å². The van der Waals surface area contributed by atoms with E-state index in [0.717, 1.165) is 12.1 Å². The van der Waals surface area contributed by atoms with Crippen LogP contribution in [0.2, 0.25) is 0 Å². The van der Waals surface area contributed by atoms with E-state index in [9.17, 15) is 9.90 Å². The summed E-state index contributed by atoms with van der Waals surface area (Å²) in [6, 6.07) is 8.94. The summed E-state index contributed by atoms with van der Waals surface area (Å²) in [7, 11) is 0. The van der Waals surface area contributed by atoms with Crippen LogP contribution in [-0.2, 0) is 4.79 Å². The number of aromatic nitrogens is 2. The first-order valence-corrected chi connectivity index (χ1v) is 8.61. The average molecular weight is 364 g/mol. The molecular formula is C17H22ClN5O2. The molecule has 25 heavy (non-hydrogen) atoms. The molecule has 1 amide bonds. The molecule has 0 unspecified atom stereocenters. The van der Waals surface area contributed by atoms with E-state index in [1.54, 1.807) is 24.4 Å². The summed E-state index contributed by atoms with van der Waals surface area (Å²) < 4.78 is 0. The molecule has 0 spiro atoms. The van der Waals surface area contributed by atoms with Crippen LogP contribution in [0.1, 0.15) is 19.8 Å². The van der Waals surface area contributed by atoms with Crippen molar-refractivity contribution in [3.63, 3.8) is 0 Å². The summed E-state index contributed by atoms with van der Waals surface area (Å²) in [5, 5.41) is 18.3. The zero-order valence-corrected chi connectivity index (χ0v) is 14.8. The topological polar surface area (TPSA) is 99.2 Å². The summed E-state index contributed by atoms with van der Waals surface area (Å²) in [6.07, 6.45) is 2.68. The van der Waals surface area contributed by atoms with E-state index < -0.39 is 0 Å². The van der Waals surface area contributed by atoms with Gasteiger partial charge < -0.3 is 21.1 Å². The number of rotatable bonds is 9. The van der Waals surface area contributed by atoms with Crippen LogP contribution in [0.25, 0.3) is 0 Å². The number of carbonyl (C=O) groups excluding carboxylic acids is 1. The standard InChI is InChI=1S/C17H22ClN5O2/c1-2-12(11-24)20-15-7-9-19-17(23-15)22-14-5-3-4-13(10-14)21-16(25)6-8-18/h3-5,7,9-10,12,24H,2,6,8,11H2,1H3,(H,21,25)(H2,19,20,22,23)/t12-/m0/s1. The third kappa shape index (κ3) is 6.21. The highest BCUT2D eigenvalue weighted by Crippen LogP contribution is 2.19. The van der Waals surface area contributed by atoms with Gasteiger partial charge in [0, 0.05) is 29.9 Å². The van der Waals surface area contributed by atoms with Gasteiger partial charge in [-0.3, -0.25) is 4.79 Å². The van der Waals surface area contributed by atoms with E-state index in [4.69, 9.17) is 11.6 Å². The number of halogens is 1. The molecule has 0 saturated heterocycles. The van der Waals surface area contributed by atoms with Gasteiger partial charge in [-0.2, -0.15) is 4.98 Å². The number of hydrogen-bond acceptors (Lipinski definition) is 6. The van der Waals surface area contributed by atoms with Crippen molar-refractivity contribution in [2.75, 3.05) is 28.4 Å². The highest BCUT2D eigenvalue weighted by atomic mass is 35.5. The lowest BCUT2D eigenvalue weighted by Gasteiger charge is -2.15. The molecular weight excluding hydrogens is 342 g/mol. The van der Waals surface area contributed by atoms with Crippen molar-refractivity contribution in [3.8, 4) is 0 Å². The Morgan fingerprint density at radius 2 is 2.12 bits per heavy atom. The molecule has 0 aliphatic heterocycles. The summed E-state index contributed by atoms with van der Waals surface area (Å²) in [4.78, 5) is 20.2. The Labute approximate surface area is 151 Å². The minimum atomic E-state index is -0.135. The number of aliphatic hydroxyl groups excluding tert-OH is 1. The van der Waals surface area contributed by atoms with Gasteiger partial charge >= 0.3 is 0 Å². The molecule has 0 fully saturated rings. The molecule has 7 nitrogen and oxygen atoms in total. The maximum Gasteiger partial charge on any atom is 0.229 e. The third-order valence-corrected chi connectivity index (χ3v) is 3.63. The maximum atomic E-state index is 11.6. The number of nitrogens with one attached hydrogen (secondary N) is 3. The Bertz CT molecular complexity index is 694. The number of nitrogens with zero attached hydrogens (tertiary/aromatic N) is 2. The summed E-state index contributed by atoms with van der Waals surface area (Å²) in [6.45, 7) is 2.02. The lowest BCUT2D eigenvalue weighted by molar-refractivity contribution is -0.115. The predicted molar refractivity (Wildman–Crippen MR) is 101 cm³/mol. The number of hydrogen-bond donors (Lipinski definition) is 4. The number of amides is 1. The normalized spacial score (nSPS) is 11.6. The largest absolute Gasteiger partial charge is 0.394 e. The van der Waals surface area contributed by atoms with Crippen LogP contribution in [0.5, 0.6) is 0 Å². The van der Waals surface area contributed by atoms with E-state index in [1.807, 2.05) is 19.1 Å². The molecule has 0 saturated carbocycles. The quantitative estimate of drug-likeness (QED) is 0.511. The van der Waals surface area contributed by atoms with Gasteiger partial charge in [0.1, 0.15) is 5.82 Å². The summed E-state index contributed by atoms with van der Waals surface area (Å²) in [5.74, 6) is 1.19. The van der Waals surface area contributed by atoms with E-state index in [-0.39, 0.29) is 30.9 Å². The number of carbonyl (C=O) groups is 1. The zero-order valence-electron chi connectivity index (χ0n) is 14.0. The minimum Gasteiger partial charge on any atom is -0.394 e. The van der Waals surface area contributed by atoms with Crippen LogP contribution in [0, 0.1) is 0 Å². The molecule has 4 N–H and O–H groups in total. The van der Waals surface area contributed by atoms with Crippen molar-refractivity contribution < 1.29 is 9.90 Å². The second-order valence-electron chi connectivity index (χ2n) is 5.39. The predicted octanol–water partition coefficient (Wildman–Crippen LogP) is 2.97. The second-order valence-corrected chi connectivity index (χ2v) is 5.77. The fourth-order valence-corrected chi connectivity index (χ4v) is 2.27. The first-order valence-electron chi connectivity index (χ1n) is 8.08. The van der Waals surface area contributed by atoms with Crippen molar-refractivity contribution >= 4 is 40.6 Å². The molecule has 0 aliphatic carbocycles. The molecule has 2 rings (SSSR count). The number of anilines is 4. The molecule has 0 bridgehead atoms. The SMILES string of the molecule is CC[C@@H](CO)Nc1ccnc(Nc2cccc(NC(=O)CCCl)c2)n1. The van der Waals surface area contributed by atoms with Gasteiger partial charge in [-0.15, -0.1) is 11.6 Å². The van der Waals surface area contributed by atoms with Crippen LogP contribution < -0.4 is 16.0 Å². The van der Waals surface area contributed by atoms with Crippen molar-refractivity contribution in [2.45, 2.75) is 25.8 Å². The average Bonchev–Trinajstić information content (AvgIpc) is 2.60. The lowest BCUT2D eigenvalue weighted by atomic mass is 10.2. The molecule has 1 aromatic carbocycles. The number of alkyl halides is 1. The first-order chi connectivity index (χ1) is 12.1. The van der Waals surface area contributed by atoms with E-state index in [2.05, 4.69) is 25.9 Å². The van der Waals surface area contributed by atoms with Gasteiger partial charge in [0.05, 0.1) is 12.6 Å². The molecule has 134 valence electrons. The zero-order chi connectivity index (χ0) is 18.1. The van der Waals surface area contributed by atoms with Crippen LogP contribution in [0.4, 0.5) is 23.1 Å². The van der Waals surface area contributed by atoms with Gasteiger partial charge in [0.15, 0.2) is 0 Å². The molecule has 0 radical (unpaired) electrons.